The molecule has 7 heteroatoms. The van der Waals surface area contributed by atoms with Crippen LogP contribution in [0.15, 0.2) is 53.9 Å². The van der Waals surface area contributed by atoms with Gasteiger partial charge in [0.1, 0.15) is 16.5 Å². The summed E-state index contributed by atoms with van der Waals surface area (Å²) in [6, 6.07) is 15.4. The van der Waals surface area contributed by atoms with Gasteiger partial charge in [0.05, 0.1) is 6.54 Å². The molecule has 4 rings (SSSR count). The van der Waals surface area contributed by atoms with Crippen molar-refractivity contribution >= 4 is 17.2 Å². The second-order valence-corrected chi connectivity index (χ2v) is 11.6. The molecule has 36 heavy (non-hydrogen) atoms. The van der Waals surface area contributed by atoms with Gasteiger partial charge in [-0.2, -0.15) is 0 Å². The molecule has 0 atom stereocenters. The minimum atomic E-state index is -0.233. The maximum atomic E-state index is 13.4. The number of aromatic nitrogens is 1. The molecule has 1 aromatic heterocycles. The van der Waals surface area contributed by atoms with Gasteiger partial charge in [0.2, 0.25) is 0 Å². The third kappa shape index (κ3) is 7.69. The van der Waals surface area contributed by atoms with Crippen molar-refractivity contribution in [1.29, 1.82) is 0 Å². The first-order valence-corrected chi connectivity index (χ1v) is 13.7. The Kier molecular flexibility index (Phi) is 8.88. The summed E-state index contributed by atoms with van der Waals surface area (Å²) in [5.74, 6) is -0.345. The molecular formula is C29H37FN4OS. The monoisotopic (exact) mass is 508 g/mol. The van der Waals surface area contributed by atoms with Crippen LogP contribution in [0.4, 0.5) is 4.39 Å². The van der Waals surface area contributed by atoms with Crippen molar-refractivity contribution in [2.45, 2.75) is 58.7 Å². The lowest BCUT2D eigenvalue weighted by atomic mass is 9.87. The minimum Gasteiger partial charge on any atom is -0.349 e. The molecule has 2 heterocycles. The van der Waals surface area contributed by atoms with Gasteiger partial charge in [-0.25, -0.2) is 9.37 Å². The van der Waals surface area contributed by atoms with Crippen molar-refractivity contribution in [3.8, 4) is 0 Å². The highest BCUT2D eigenvalue weighted by molar-refractivity contribution is 7.09. The molecule has 1 fully saturated rings. The summed E-state index contributed by atoms with van der Waals surface area (Å²) in [5, 5.41) is 5.75. The second-order valence-electron chi connectivity index (χ2n) is 10.6. The molecule has 1 aliphatic rings. The molecule has 1 N–H and O–H groups in total. The fraction of sp³-hybridized carbons (Fsp3) is 0.448. The van der Waals surface area contributed by atoms with Crippen molar-refractivity contribution in [1.82, 2.24) is 20.1 Å². The van der Waals surface area contributed by atoms with Crippen LogP contribution in [-0.2, 0) is 25.0 Å². The smallest absolute Gasteiger partial charge is 0.270 e. The van der Waals surface area contributed by atoms with Gasteiger partial charge in [-0.05, 0) is 60.2 Å². The summed E-state index contributed by atoms with van der Waals surface area (Å²) in [6.45, 7) is 12.4. The first kappa shape index (κ1) is 26.5. The van der Waals surface area contributed by atoms with E-state index < -0.39 is 0 Å². The Morgan fingerprint density at radius 3 is 2.22 bits per heavy atom. The fourth-order valence-electron chi connectivity index (χ4n) is 4.49. The normalized spacial score (nSPS) is 14.5. The van der Waals surface area contributed by atoms with Crippen LogP contribution in [0.5, 0.6) is 0 Å². The SMILES string of the molecule is CC(C)(C)c1ccc(CN(Cc2ccc(F)cc2)Cc2nc(C(=O)NCCN3CCCC3)cs2)cc1. The van der Waals surface area contributed by atoms with E-state index in [1.165, 1.54) is 47.4 Å². The van der Waals surface area contributed by atoms with Crippen molar-refractivity contribution in [2.75, 3.05) is 26.2 Å². The molecule has 1 saturated heterocycles. The van der Waals surface area contributed by atoms with E-state index in [9.17, 15) is 9.18 Å². The van der Waals surface area contributed by atoms with Crippen LogP contribution in [-0.4, -0.2) is 46.9 Å². The number of nitrogens with one attached hydrogen (secondary N) is 1. The molecule has 0 unspecified atom stereocenters. The van der Waals surface area contributed by atoms with Crippen molar-refractivity contribution in [2.24, 2.45) is 0 Å². The number of amides is 1. The maximum absolute atomic E-state index is 13.4. The van der Waals surface area contributed by atoms with Gasteiger partial charge in [0.15, 0.2) is 0 Å². The van der Waals surface area contributed by atoms with Crippen LogP contribution in [0.25, 0.3) is 0 Å². The number of rotatable bonds is 10. The van der Waals surface area contributed by atoms with Crippen LogP contribution in [0.2, 0.25) is 0 Å². The summed E-state index contributed by atoms with van der Waals surface area (Å²) >= 11 is 1.51. The van der Waals surface area contributed by atoms with Crippen LogP contribution in [0, 0.1) is 5.82 Å². The zero-order valence-corrected chi connectivity index (χ0v) is 22.4. The molecule has 3 aromatic rings. The first-order chi connectivity index (χ1) is 17.3. The number of thiazole rings is 1. The first-order valence-electron chi connectivity index (χ1n) is 12.8. The van der Waals surface area contributed by atoms with Gasteiger partial charge < -0.3 is 10.2 Å². The lowest BCUT2D eigenvalue weighted by Gasteiger charge is -2.23. The molecule has 5 nitrogen and oxygen atoms in total. The highest BCUT2D eigenvalue weighted by atomic mass is 32.1. The highest BCUT2D eigenvalue weighted by Gasteiger charge is 2.17. The lowest BCUT2D eigenvalue weighted by molar-refractivity contribution is 0.0945. The van der Waals surface area contributed by atoms with Crippen molar-refractivity contribution < 1.29 is 9.18 Å². The Morgan fingerprint density at radius 2 is 1.61 bits per heavy atom. The molecule has 0 radical (unpaired) electrons. The fourth-order valence-corrected chi connectivity index (χ4v) is 5.30. The average molecular weight is 509 g/mol. The van der Waals surface area contributed by atoms with Crippen LogP contribution < -0.4 is 5.32 Å². The van der Waals surface area contributed by atoms with Crippen LogP contribution in [0.1, 0.15) is 65.8 Å². The van der Waals surface area contributed by atoms with Gasteiger partial charge in [0, 0.05) is 31.6 Å². The van der Waals surface area contributed by atoms with Crippen LogP contribution in [0.3, 0.4) is 0 Å². The third-order valence-electron chi connectivity index (χ3n) is 6.60. The molecule has 192 valence electrons. The van der Waals surface area contributed by atoms with Crippen LogP contribution >= 0.6 is 11.3 Å². The van der Waals surface area contributed by atoms with E-state index in [4.69, 9.17) is 0 Å². The topological polar surface area (TPSA) is 48.5 Å². The molecule has 0 saturated carbocycles. The average Bonchev–Trinajstić information content (AvgIpc) is 3.53. The number of nitrogens with zero attached hydrogens (tertiary/aromatic N) is 3. The van der Waals surface area contributed by atoms with E-state index in [0.717, 1.165) is 36.8 Å². The predicted octanol–water partition coefficient (Wildman–Crippen LogP) is 5.61. The largest absolute Gasteiger partial charge is 0.349 e. The zero-order valence-electron chi connectivity index (χ0n) is 21.6. The number of likely N-dealkylation sites (tertiary alicyclic amines) is 1. The summed E-state index contributed by atoms with van der Waals surface area (Å²) in [7, 11) is 0. The van der Waals surface area contributed by atoms with E-state index in [1.807, 2.05) is 17.5 Å². The van der Waals surface area contributed by atoms with E-state index in [0.29, 0.717) is 25.3 Å². The van der Waals surface area contributed by atoms with Gasteiger partial charge in [-0.1, -0.05) is 57.2 Å². The van der Waals surface area contributed by atoms with Gasteiger partial charge in [-0.3, -0.25) is 9.69 Å². The second kappa shape index (κ2) is 12.1. The molecule has 0 aliphatic carbocycles. The van der Waals surface area contributed by atoms with Crippen molar-refractivity contribution in [3.05, 3.63) is 87.1 Å². The van der Waals surface area contributed by atoms with E-state index >= 15 is 0 Å². The summed E-state index contributed by atoms with van der Waals surface area (Å²) in [6.07, 6.45) is 2.50. The minimum absolute atomic E-state index is 0.110. The molecule has 1 aliphatic heterocycles. The molecule has 0 bridgehead atoms. The quantitative estimate of drug-likeness (QED) is 0.387. The maximum Gasteiger partial charge on any atom is 0.270 e. The number of hydrogen-bond donors (Lipinski definition) is 1. The summed E-state index contributed by atoms with van der Waals surface area (Å²) in [5.41, 5.74) is 4.14. The third-order valence-corrected chi connectivity index (χ3v) is 7.43. The number of carbonyl (C=O) groups excluding carboxylic acids is 1. The predicted molar refractivity (Wildman–Crippen MR) is 145 cm³/mol. The Hall–Kier alpha value is -2.61. The number of hydrogen-bond acceptors (Lipinski definition) is 5. The molecule has 1 amide bonds. The zero-order chi connectivity index (χ0) is 25.5. The van der Waals surface area contributed by atoms with E-state index in [-0.39, 0.29) is 17.1 Å². The Balaban J connectivity index is 1.40. The lowest BCUT2D eigenvalue weighted by Crippen LogP contribution is -2.33. The van der Waals surface area contributed by atoms with Gasteiger partial charge >= 0.3 is 0 Å². The standard InChI is InChI=1S/C29H37FN4OS/c1-29(2,3)24-10-6-22(7-11-24)18-34(19-23-8-12-25(30)13-9-23)20-27-32-26(21-36-27)28(35)31-14-17-33-15-4-5-16-33/h6-13,21H,4-5,14-20H2,1-3H3,(H,31,35). The highest BCUT2D eigenvalue weighted by Crippen LogP contribution is 2.23. The summed E-state index contributed by atoms with van der Waals surface area (Å²) in [4.78, 5) is 21.9. The molecule has 0 spiro atoms. The van der Waals surface area contributed by atoms with E-state index in [1.54, 1.807) is 0 Å². The van der Waals surface area contributed by atoms with Gasteiger partial charge in [0.25, 0.3) is 5.91 Å². The molecule has 2 aromatic carbocycles. The Morgan fingerprint density at radius 1 is 1.00 bits per heavy atom. The van der Waals surface area contributed by atoms with Crippen molar-refractivity contribution in [3.63, 3.8) is 0 Å². The number of carbonyl (C=O) groups is 1. The Bertz CT molecular complexity index is 1120. The molecular weight excluding hydrogens is 471 g/mol. The summed E-state index contributed by atoms with van der Waals surface area (Å²) < 4.78 is 13.4. The Labute approximate surface area is 218 Å². The van der Waals surface area contributed by atoms with Gasteiger partial charge in [-0.15, -0.1) is 11.3 Å². The number of halogens is 1. The number of benzene rings is 2. The van der Waals surface area contributed by atoms with E-state index in [2.05, 4.69) is 65.1 Å².